The standard InChI is InChI=1S/C21H19F3N4O2S/c1-13(19(29)17-6-5-15(23)12-18(17)24)31-21-26-25-20(27-7-9-30-10-8-27)28(21)16-4-2-3-14(22)11-16/h2-6,11-13H,7-10H2,1H3. The average Bonchev–Trinajstić information content (AvgIpc) is 3.17. The Morgan fingerprint density at radius 1 is 1.06 bits per heavy atom. The number of anilines is 1. The fourth-order valence-corrected chi connectivity index (χ4v) is 4.20. The van der Waals surface area contributed by atoms with Crippen molar-refractivity contribution in [1.29, 1.82) is 0 Å². The van der Waals surface area contributed by atoms with E-state index in [4.69, 9.17) is 4.74 Å². The molecular formula is C21H19F3N4O2S. The molecule has 0 saturated carbocycles. The van der Waals surface area contributed by atoms with Crippen molar-refractivity contribution in [2.24, 2.45) is 0 Å². The summed E-state index contributed by atoms with van der Waals surface area (Å²) in [6.45, 7) is 3.84. The summed E-state index contributed by atoms with van der Waals surface area (Å²) in [4.78, 5) is 14.7. The second kappa shape index (κ2) is 9.11. The number of rotatable bonds is 6. The summed E-state index contributed by atoms with van der Waals surface area (Å²) in [5.41, 5.74) is 0.299. The first-order valence-corrected chi connectivity index (χ1v) is 10.5. The number of carbonyl (C=O) groups excluding carboxylic acids is 1. The number of thioether (sulfide) groups is 1. The first-order valence-electron chi connectivity index (χ1n) is 9.64. The lowest BCUT2D eigenvalue weighted by atomic mass is 10.1. The molecule has 1 atom stereocenters. The molecule has 6 nitrogen and oxygen atoms in total. The number of hydrogen-bond acceptors (Lipinski definition) is 6. The minimum Gasteiger partial charge on any atom is -0.378 e. The summed E-state index contributed by atoms with van der Waals surface area (Å²) in [5.74, 6) is -2.10. The van der Waals surface area contributed by atoms with Gasteiger partial charge in [0.15, 0.2) is 10.9 Å². The molecule has 0 spiro atoms. The normalized spacial score (nSPS) is 15.2. The molecule has 0 amide bonds. The summed E-state index contributed by atoms with van der Waals surface area (Å²) in [5, 5.41) is 8.10. The van der Waals surface area contributed by atoms with Crippen LogP contribution in [0.25, 0.3) is 5.69 Å². The summed E-state index contributed by atoms with van der Waals surface area (Å²) in [6, 6.07) is 8.82. The van der Waals surface area contributed by atoms with Crippen LogP contribution in [0.5, 0.6) is 0 Å². The Morgan fingerprint density at radius 2 is 1.81 bits per heavy atom. The summed E-state index contributed by atoms with van der Waals surface area (Å²) in [6.07, 6.45) is 0. The maximum Gasteiger partial charge on any atom is 0.232 e. The Balaban J connectivity index is 1.67. The molecule has 1 fully saturated rings. The SMILES string of the molecule is CC(Sc1nnc(N2CCOCC2)n1-c1cccc(F)c1)C(=O)c1ccc(F)cc1F. The monoisotopic (exact) mass is 448 g/mol. The minimum absolute atomic E-state index is 0.202. The number of Topliss-reactive ketones (excluding diaryl/α,β-unsaturated/α-hetero) is 1. The van der Waals surface area contributed by atoms with Gasteiger partial charge < -0.3 is 9.64 Å². The molecule has 2 heterocycles. The van der Waals surface area contributed by atoms with Crippen LogP contribution < -0.4 is 4.90 Å². The fraction of sp³-hybridized carbons (Fsp3) is 0.286. The molecule has 10 heteroatoms. The van der Waals surface area contributed by atoms with Crippen LogP contribution in [0.3, 0.4) is 0 Å². The van der Waals surface area contributed by atoms with Gasteiger partial charge in [0.25, 0.3) is 0 Å². The predicted octanol–water partition coefficient (Wildman–Crippen LogP) is 3.88. The van der Waals surface area contributed by atoms with E-state index < -0.39 is 28.5 Å². The van der Waals surface area contributed by atoms with E-state index in [0.29, 0.717) is 49.2 Å². The van der Waals surface area contributed by atoms with E-state index in [1.54, 1.807) is 23.6 Å². The molecule has 0 bridgehead atoms. The molecule has 4 rings (SSSR count). The maximum absolute atomic E-state index is 14.1. The Bertz CT molecular complexity index is 1100. The van der Waals surface area contributed by atoms with Crippen molar-refractivity contribution in [2.45, 2.75) is 17.3 Å². The smallest absolute Gasteiger partial charge is 0.232 e. The van der Waals surface area contributed by atoms with Crippen molar-refractivity contribution in [3.63, 3.8) is 0 Å². The van der Waals surface area contributed by atoms with Gasteiger partial charge in [-0.15, -0.1) is 10.2 Å². The molecule has 3 aromatic rings. The first-order chi connectivity index (χ1) is 14.9. The van der Waals surface area contributed by atoms with Gasteiger partial charge in [0.05, 0.1) is 29.7 Å². The molecule has 162 valence electrons. The van der Waals surface area contributed by atoms with Crippen molar-refractivity contribution < 1.29 is 22.7 Å². The fourth-order valence-electron chi connectivity index (χ4n) is 3.27. The second-order valence-electron chi connectivity index (χ2n) is 6.95. The van der Waals surface area contributed by atoms with Crippen LogP contribution in [-0.2, 0) is 4.74 Å². The number of halogens is 3. The van der Waals surface area contributed by atoms with Crippen molar-refractivity contribution in [3.8, 4) is 5.69 Å². The highest BCUT2D eigenvalue weighted by Crippen LogP contribution is 2.31. The zero-order chi connectivity index (χ0) is 22.0. The zero-order valence-corrected chi connectivity index (χ0v) is 17.4. The molecular weight excluding hydrogens is 429 g/mol. The van der Waals surface area contributed by atoms with E-state index in [2.05, 4.69) is 10.2 Å². The first kappa shape index (κ1) is 21.4. The second-order valence-corrected chi connectivity index (χ2v) is 8.25. The van der Waals surface area contributed by atoms with Gasteiger partial charge in [-0.3, -0.25) is 9.36 Å². The van der Waals surface area contributed by atoms with Gasteiger partial charge in [0.1, 0.15) is 17.5 Å². The van der Waals surface area contributed by atoms with Gasteiger partial charge >= 0.3 is 0 Å². The average molecular weight is 448 g/mol. The number of ketones is 1. The van der Waals surface area contributed by atoms with Crippen LogP contribution in [0.1, 0.15) is 17.3 Å². The number of benzene rings is 2. The highest BCUT2D eigenvalue weighted by molar-refractivity contribution is 8.00. The lowest BCUT2D eigenvalue weighted by molar-refractivity contribution is 0.0990. The molecule has 2 aromatic carbocycles. The van der Waals surface area contributed by atoms with E-state index in [-0.39, 0.29) is 5.56 Å². The molecule has 31 heavy (non-hydrogen) atoms. The van der Waals surface area contributed by atoms with Crippen molar-refractivity contribution in [2.75, 3.05) is 31.2 Å². The summed E-state index contributed by atoms with van der Waals surface area (Å²) < 4.78 is 48.3. The van der Waals surface area contributed by atoms with Crippen LogP contribution in [-0.4, -0.2) is 52.1 Å². The molecule has 1 saturated heterocycles. The molecule has 0 N–H and O–H groups in total. The van der Waals surface area contributed by atoms with Gasteiger partial charge in [0, 0.05) is 19.2 Å². The van der Waals surface area contributed by atoms with Crippen LogP contribution in [0.4, 0.5) is 19.1 Å². The van der Waals surface area contributed by atoms with Crippen molar-refractivity contribution in [1.82, 2.24) is 14.8 Å². The molecule has 1 aliphatic heterocycles. The van der Waals surface area contributed by atoms with E-state index in [9.17, 15) is 18.0 Å². The number of morpholine rings is 1. The van der Waals surface area contributed by atoms with E-state index in [1.165, 1.54) is 12.1 Å². The molecule has 0 aliphatic carbocycles. The Labute approximate surface area is 181 Å². The third kappa shape index (κ3) is 4.59. The Hall–Kier alpha value is -2.85. The van der Waals surface area contributed by atoms with Gasteiger partial charge in [-0.25, -0.2) is 13.2 Å². The van der Waals surface area contributed by atoms with Crippen LogP contribution in [0.2, 0.25) is 0 Å². The Morgan fingerprint density at radius 3 is 2.52 bits per heavy atom. The van der Waals surface area contributed by atoms with Crippen LogP contribution in [0.15, 0.2) is 47.6 Å². The molecule has 0 radical (unpaired) electrons. The van der Waals surface area contributed by atoms with Gasteiger partial charge in [-0.1, -0.05) is 17.8 Å². The maximum atomic E-state index is 14.1. The van der Waals surface area contributed by atoms with Crippen molar-refractivity contribution in [3.05, 3.63) is 65.5 Å². The third-order valence-electron chi connectivity index (χ3n) is 4.82. The van der Waals surface area contributed by atoms with E-state index in [0.717, 1.165) is 23.9 Å². The van der Waals surface area contributed by atoms with E-state index in [1.807, 2.05) is 4.90 Å². The third-order valence-corrected chi connectivity index (χ3v) is 5.87. The number of ether oxygens (including phenoxy) is 1. The highest BCUT2D eigenvalue weighted by Gasteiger charge is 2.26. The largest absolute Gasteiger partial charge is 0.378 e. The quantitative estimate of drug-likeness (QED) is 0.421. The Kier molecular flexibility index (Phi) is 6.28. The zero-order valence-electron chi connectivity index (χ0n) is 16.6. The highest BCUT2D eigenvalue weighted by atomic mass is 32.2. The number of hydrogen-bond donors (Lipinski definition) is 0. The lowest BCUT2D eigenvalue weighted by Gasteiger charge is -2.28. The number of carbonyl (C=O) groups is 1. The van der Waals surface area contributed by atoms with Gasteiger partial charge in [-0.05, 0) is 37.3 Å². The van der Waals surface area contributed by atoms with Gasteiger partial charge in [-0.2, -0.15) is 0 Å². The lowest BCUT2D eigenvalue weighted by Crippen LogP contribution is -2.37. The minimum atomic E-state index is -0.918. The van der Waals surface area contributed by atoms with Gasteiger partial charge in [0.2, 0.25) is 5.95 Å². The van der Waals surface area contributed by atoms with Crippen LogP contribution >= 0.6 is 11.8 Å². The molecule has 1 aromatic heterocycles. The summed E-state index contributed by atoms with van der Waals surface area (Å²) in [7, 11) is 0. The number of nitrogens with zero attached hydrogens (tertiary/aromatic N) is 4. The summed E-state index contributed by atoms with van der Waals surface area (Å²) >= 11 is 1.07. The number of aromatic nitrogens is 3. The van der Waals surface area contributed by atoms with Crippen molar-refractivity contribution >= 4 is 23.5 Å². The molecule has 1 unspecified atom stereocenters. The van der Waals surface area contributed by atoms with E-state index >= 15 is 0 Å². The van der Waals surface area contributed by atoms with Crippen LogP contribution in [0, 0.1) is 17.5 Å². The predicted molar refractivity (Wildman–Crippen MR) is 110 cm³/mol. The molecule has 1 aliphatic rings. The topological polar surface area (TPSA) is 60.2 Å².